The minimum Gasteiger partial charge on any atom is -0.497 e. The highest BCUT2D eigenvalue weighted by atomic mass is 19.1. The highest BCUT2D eigenvalue weighted by Gasteiger charge is 2.23. The Kier molecular flexibility index (Phi) is 4.27. The molecule has 1 N–H and O–H groups in total. The number of H-pyrrole nitrogens is 1. The van der Waals surface area contributed by atoms with Crippen molar-refractivity contribution in [1.29, 1.82) is 0 Å². The van der Waals surface area contributed by atoms with Crippen molar-refractivity contribution < 1.29 is 14.1 Å². The number of nitrogens with zero attached hydrogens (tertiary/aromatic N) is 2. The number of rotatable bonds is 4. The molecule has 27 heavy (non-hydrogen) atoms. The van der Waals surface area contributed by atoms with Gasteiger partial charge in [-0.1, -0.05) is 6.08 Å². The standard InChI is InChI=1S/C20H18FN3O3/c1-27-15-3-4-18-16(11-15)17(12-22-18)13-6-8-23(9-7-13)19-5-2-14(21)10-20(19)24(25)26/h2-6,10-12,22H,7-9H2,1H3. The molecule has 0 fully saturated rings. The van der Waals surface area contributed by atoms with Crippen molar-refractivity contribution in [3.63, 3.8) is 0 Å². The number of hydrogen-bond donors (Lipinski definition) is 1. The van der Waals surface area contributed by atoms with E-state index in [4.69, 9.17) is 4.74 Å². The summed E-state index contributed by atoms with van der Waals surface area (Å²) in [5.41, 5.74) is 3.55. The number of nitro groups is 1. The fourth-order valence-electron chi connectivity index (χ4n) is 3.54. The second kappa shape index (κ2) is 6.75. The van der Waals surface area contributed by atoms with Crippen LogP contribution >= 0.6 is 0 Å². The Balaban J connectivity index is 1.64. The molecule has 138 valence electrons. The monoisotopic (exact) mass is 367 g/mol. The second-order valence-electron chi connectivity index (χ2n) is 6.43. The van der Waals surface area contributed by atoms with Crippen molar-refractivity contribution >= 4 is 27.9 Å². The summed E-state index contributed by atoms with van der Waals surface area (Å²) in [6.07, 6.45) is 4.78. The molecule has 0 saturated heterocycles. The van der Waals surface area contributed by atoms with E-state index in [0.29, 0.717) is 18.8 Å². The van der Waals surface area contributed by atoms with E-state index >= 15 is 0 Å². The first-order valence-electron chi connectivity index (χ1n) is 8.60. The summed E-state index contributed by atoms with van der Waals surface area (Å²) >= 11 is 0. The smallest absolute Gasteiger partial charge is 0.295 e. The van der Waals surface area contributed by atoms with Crippen molar-refractivity contribution in [2.75, 3.05) is 25.1 Å². The van der Waals surface area contributed by atoms with Gasteiger partial charge in [0.25, 0.3) is 5.69 Å². The van der Waals surface area contributed by atoms with Crippen LogP contribution in [-0.4, -0.2) is 30.1 Å². The normalized spacial score (nSPS) is 14.3. The maximum absolute atomic E-state index is 13.4. The molecular weight excluding hydrogens is 349 g/mol. The minimum atomic E-state index is -0.605. The van der Waals surface area contributed by atoms with Crippen LogP contribution in [0.25, 0.3) is 16.5 Å². The van der Waals surface area contributed by atoms with Gasteiger partial charge in [-0.3, -0.25) is 10.1 Å². The molecule has 0 aliphatic carbocycles. The third-order valence-corrected chi connectivity index (χ3v) is 4.92. The number of methoxy groups -OCH3 is 1. The third-order valence-electron chi connectivity index (χ3n) is 4.92. The van der Waals surface area contributed by atoms with E-state index in [2.05, 4.69) is 11.1 Å². The molecule has 3 aromatic rings. The number of ether oxygens (including phenoxy) is 1. The molecule has 2 heterocycles. The molecule has 1 aliphatic rings. The third kappa shape index (κ3) is 3.12. The molecule has 0 spiro atoms. The van der Waals surface area contributed by atoms with Crippen LogP contribution in [0.3, 0.4) is 0 Å². The molecule has 1 aliphatic heterocycles. The van der Waals surface area contributed by atoms with Gasteiger partial charge < -0.3 is 14.6 Å². The summed E-state index contributed by atoms with van der Waals surface area (Å²) in [6, 6.07) is 9.60. The van der Waals surface area contributed by atoms with Gasteiger partial charge >= 0.3 is 0 Å². The SMILES string of the molecule is COc1ccc2[nH]cc(C3=CCN(c4ccc(F)cc4[N+](=O)[O-])CC3)c2c1. The summed E-state index contributed by atoms with van der Waals surface area (Å²) < 4.78 is 18.7. The van der Waals surface area contributed by atoms with Crippen LogP contribution in [-0.2, 0) is 0 Å². The van der Waals surface area contributed by atoms with Crippen LogP contribution in [0.1, 0.15) is 12.0 Å². The van der Waals surface area contributed by atoms with Crippen molar-refractivity contribution in [1.82, 2.24) is 4.98 Å². The lowest BCUT2D eigenvalue weighted by molar-refractivity contribution is -0.384. The van der Waals surface area contributed by atoms with Gasteiger partial charge in [0, 0.05) is 35.8 Å². The van der Waals surface area contributed by atoms with Crippen LogP contribution in [0.2, 0.25) is 0 Å². The molecule has 0 saturated carbocycles. The van der Waals surface area contributed by atoms with Gasteiger partial charge in [0.2, 0.25) is 0 Å². The topological polar surface area (TPSA) is 71.4 Å². The lowest BCUT2D eigenvalue weighted by atomic mass is 9.98. The maximum Gasteiger partial charge on any atom is 0.295 e. The number of anilines is 1. The van der Waals surface area contributed by atoms with Gasteiger partial charge in [0.1, 0.15) is 17.3 Å². The maximum atomic E-state index is 13.4. The number of benzene rings is 2. The molecule has 0 unspecified atom stereocenters. The average Bonchev–Trinajstić information content (AvgIpc) is 3.11. The van der Waals surface area contributed by atoms with E-state index in [1.165, 1.54) is 17.7 Å². The largest absolute Gasteiger partial charge is 0.497 e. The van der Waals surface area contributed by atoms with Gasteiger partial charge in [0.15, 0.2) is 0 Å². The Morgan fingerprint density at radius 2 is 2.11 bits per heavy atom. The van der Waals surface area contributed by atoms with Gasteiger partial charge in [-0.2, -0.15) is 0 Å². The Hall–Kier alpha value is -3.35. The summed E-state index contributed by atoms with van der Waals surface area (Å²) in [5, 5.41) is 12.3. The summed E-state index contributed by atoms with van der Waals surface area (Å²) in [4.78, 5) is 15.9. The Bertz CT molecular complexity index is 1060. The number of nitrogens with one attached hydrogen (secondary N) is 1. The second-order valence-corrected chi connectivity index (χ2v) is 6.43. The predicted octanol–water partition coefficient (Wildman–Crippen LogP) is 4.52. The highest BCUT2D eigenvalue weighted by molar-refractivity contribution is 5.94. The highest BCUT2D eigenvalue weighted by Crippen LogP contribution is 2.35. The van der Waals surface area contributed by atoms with Crippen molar-refractivity contribution in [3.05, 3.63) is 70.2 Å². The molecular formula is C20H18FN3O3. The van der Waals surface area contributed by atoms with E-state index in [1.54, 1.807) is 7.11 Å². The first kappa shape index (κ1) is 17.1. The van der Waals surface area contributed by atoms with Crippen LogP contribution < -0.4 is 9.64 Å². The average molecular weight is 367 g/mol. The number of aromatic nitrogens is 1. The summed E-state index contributed by atoms with van der Waals surface area (Å²) in [7, 11) is 1.64. The first-order valence-corrected chi connectivity index (χ1v) is 8.60. The van der Waals surface area contributed by atoms with Gasteiger partial charge in [-0.15, -0.1) is 0 Å². The quantitative estimate of drug-likeness (QED) is 0.544. The van der Waals surface area contributed by atoms with Gasteiger partial charge in [0.05, 0.1) is 18.1 Å². The van der Waals surface area contributed by atoms with Crippen LogP contribution in [0.5, 0.6) is 5.75 Å². The number of nitro benzene ring substituents is 1. The number of aromatic amines is 1. The van der Waals surface area contributed by atoms with Crippen LogP contribution in [0.15, 0.2) is 48.7 Å². The van der Waals surface area contributed by atoms with E-state index in [-0.39, 0.29) is 5.69 Å². The fourth-order valence-corrected chi connectivity index (χ4v) is 3.54. The molecule has 0 amide bonds. The number of fused-ring (bicyclic) bond motifs is 1. The Labute approximate surface area is 155 Å². The first-order chi connectivity index (χ1) is 13.1. The lowest BCUT2D eigenvalue weighted by Gasteiger charge is -2.28. The van der Waals surface area contributed by atoms with Crippen molar-refractivity contribution in [2.45, 2.75) is 6.42 Å². The molecule has 4 rings (SSSR count). The Morgan fingerprint density at radius 3 is 2.81 bits per heavy atom. The lowest BCUT2D eigenvalue weighted by Crippen LogP contribution is -2.28. The molecule has 0 bridgehead atoms. The molecule has 6 nitrogen and oxygen atoms in total. The molecule has 0 radical (unpaired) electrons. The summed E-state index contributed by atoms with van der Waals surface area (Å²) in [5.74, 6) is 0.190. The zero-order valence-corrected chi connectivity index (χ0v) is 14.7. The molecule has 2 aromatic carbocycles. The number of hydrogen-bond acceptors (Lipinski definition) is 4. The minimum absolute atomic E-state index is 0.205. The van der Waals surface area contributed by atoms with Crippen LogP contribution in [0, 0.1) is 15.9 Å². The van der Waals surface area contributed by atoms with Crippen molar-refractivity contribution in [3.8, 4) is 5.75 Å². The predicted molar refractivity (Wildman–Crippen MR) is 103 cm³/mol. The van der Waals surface area contributed by atoms with Crippen molar-refractivity contribution in [2.24, 2.45) is 0 Å². The fraction of sp³-hybridized carbons (Fsp3) is 0.200. The van der Waals surface area contributed by atoms with Gasteiger partial charge in [-0.05, 0) is 42.3 Å². The zero-order valence-electron chi connectivity index (χ0n) is 14.7. The van der Waals surface area contributed by atoms with E-state index < -0.39 is 10.7 Å². The summed E-state index contributed by atoms with van der Waals surface area (Å²) in [6.45, 7) is 1.15. The molecule has 0 atom stereocenters. The van der Waals surface area contributed by atoms with E-state index in [1.807, 2.05) is 29.3 Å². The van der Waals surface area contributed by atoms with Crippen LogP contribution in [0.4, 0.5) is 15.8 Å². The van der Waals surface area contributed by atoms with Gasteiger partial charge in [-0.25, -0.2) is 4.39 Å². The molecule has 1 aromatic heterocycles. The molecule has 7 heteroatoms. The van der Waals surface area contributed by atoms with E-state index in [9.17, 15) is 14.5 Å². The zero-order chi connectivity index (χ0) is 19.0. The number of halogens is 1. The van der Waals surface area contributed by atoms with E-state index in [0.717, 1.165) is 34.7 Å². The Morgan fingerprint density at radius 1 is 1.26 bits per heavy atom.